The number of H-pyrrole nitrogens is 1. The minimum absolute atomic E-state index is 0.605. The number of methoxy groups -OCH3 is 1. The number of nitrogens with one attached hydrogen (secondary N) is 1. The first-order valence-electron chi connectivity index (χ1n) is 7.90. The highest BCUT2D eigenvalue weighted by molar-refractivity contribution is 7.15. The molecule has 0 atom stereocenters. The lowest BCUT2D eigenvalue weighted by molar-refractivity contribution is 0.414. The summed E-state index contributed by atoms with van der Waals surface area (Å²) in [6.07, 6.45) is 2.51. The maximum absolute atomic E-state index is 5.60. The van der Waals surface area contributed by atoms with Crippen LogP contribution in [0.5, 0.6) is 5.75 Å². The van der Waals surface area contributed by atoms with Crippen LogP contribution in [0.25, 0.3) is 10.7 Å². The third kappa shape index (κ3) is 3.80. The topological polar surface area (TPSA) is 89.7 Å². The lowest BCUT2D eigenvalue weighted by Gasteiger charge is -2.02. The van der Waals surface area contributed by atoms with E-state index in [-0.39, 0.29) is 0 Å². The average Bonchev–Trinajstić information content (AvgIpc) is 3.20. The van der Waals surface area contributed by atoms with Gasteiger partial charge in [-0.05, 0) is 37.6 Å². The molecule has 6 nitrogen and oxygen atoms in total. The molecule has 0 aliphatic rings. The van der Waals surface area contributed by atoms with Crippen molar-refractivity contribution >= 4 is 11.3 Å². The van der Waals surface area contributed by atoms with Crippen LogP contribution in [-0.4, -0.2) is 33.8 Å². The largest absolute Gasteiger partial charge is 0.497 e. The molecule has 3 N–H and O–H groups in total. The van der Waals surface area contributed by atoms with Gasteiger partial charge in [-0.25, -0.2) is 9.97 Å². The van der Waals surface area contributed by atoms with Crippen LogP contribution >= 0.6 is 11.3 Å². The van der Waals surface area contributed by atoms with E-state index in [0.29, 0.717) is 6.54 Å². The zero-order valence-electron chi connectivity index (χ0n) is 13.9. The van der Waals surface area contributed by atoms with E-state index in [2.05, 4.69) is 32.3 Å². The van der Waals surface area contributed by atoms with E-state index in [0.717, 1.165) is 52.2 Å². The van der Waals surface area contributed by atoms with Gasteiger partial charge in [0, 0.05) is 12.8 Å². The lowest BCUT2D eigenvalue weighted by atomic mass is 10.1. The van der Waals surface area contributed by atoms with Crippen LogP contribution in [0, 0.1) is 6.92 Å². The molecule has 2 heterocycles. The molecule has 0 unspecified atom stereocenters. The fourth-order valence-electron chi connectivity index (χ4n) is 2.45. The number of benzene rings is 1. The molecular weight excluding hydrogens is 322 g/mol. The number of aromatic amines is 1. The Kier molecular flexibility index (Phi) is 5.22. The van der Waals surface area contributed by atoms with E-state index >= 15 is 0 Å². The Hall–Kier alpha value is -2.25. The molecule has 0 saturated carbocycles. The first kappa shape index (κ1) is 16.6. The molecule has 3 aromatic rings. The van der Waals surface area contributed by atoms with Crippen LogP contribution in [0.4, 0.5) is 0 Å². The number of nitrogens with two attached hydrogens (primary N) is 1. The molecule has 1 aromatic carbocycles. The minimum Gasteiger partial charge on any atom is -0.497 e. The third-order valence-corrected chi connectivity index (χ3v) is 4.96. The number of aromatic nitrogens is 4. The van der Waals surface area contributed by atoms with Gasteiger partial charge in [0.1, 0.15) is 11.6 Å². The summed E-state index contributed by atoms with van der Waals surface area (Å²) in [5.74, 6) is 2.47. The standard InChI is InChI=1S/C17H21N5OS/c1-11-16(24-15(19-11)9-10-18)17-20-14(21-22-17)8-5-12-3-6-13(23-2)7-4-12/h3-4,6-7H,5,8-10,18H2,1-2H3,(H,20,21,22). The molecule has 0 fully saturated rings. The van der Waals surface area contributed by atoms with E-state index in [1.807, 2.05) is 19.1 Å². The van der Waals surface area contributed by atoms with Gasteiger partial charge in [0.15, 0.2) is 5.82 Å². The molecule has 0 amide bonds. The molecule has 7 heteroatoms. The predicted molar refractivity (Wildman–Crippen MR) is 95.4 cm³/mol. The predicted octanol–water partition coefficient (Wildman–Crippen LogP) is 2.53. The fraction of sp³-hybridized carbons (Fsp3) is 0.353. The van der Waals surface area contributed by atoms with Crippen molar-refractivity contribution in [2.24, 2.45) is 5.73 Å². The Morgan fingerprint density at radius 3 is 2.62 bits per heavy atom. The van der Waals surface area contributed by atoms with Crippen molar-refractivity contribution in [3.8, 4) is 16.5 Å². The summed E-state index contributed by atoms with van der Waals surface area (Å²) in [4.78, 5) is 10.2. The number of nitrogens with zero attached hydrogens (tertiary/aromatic N) is 3. The molecule has 0 aliphatic carbocycles. The van der Waals surface area contributed by atoms with Crippen LogP contribution in [0.2, 0.25) is 0 Å². The second kappa shape index (κ2) is 7.55. The van der Waals surface area contributed by atoms with Gasteiger partial charge in [-0.15, -0.1) is 11.3 Å². The van der Waals surface area contributed by atoms with Crippen molar-refractivity contribution in [3.63, 3.8) is 0 Å². The number of hydrogen-bond acceptors (Lipinski definition) is 6. The van der Waals surface area contributed by atoms with Crippen LogP contribution < -0.4 is 10.5 Å². The van der Waals surface area contributed by atoms with E-state index in [4.69, 9.17) is 10.5 Å². The smallest absolute Gasteiger partial charge is 0.193 e. The Labute approximate surface area is 145 Å². The molecule has 3 rings (SSSR count). The highest BCUT2D eigenvalue weighted by atomic mass is 32.1. The maximum atomic E-state index is 5.60. The van der Waals surface area contributed by atoms with E-state index in [1.165, 1.54) is 5.56 Å². The number of hydrogen-bond donors (Lipinski definition) is 2. The first-order chi connectivity index (χ1) is 11.7. The van der Waals surface area contributed by atoms with Gasteiger partial charge < -0.3 is 10.5 Å². The van der Waals surface area contributed by atoms with Gasteiger partial charge in [-0.1, -0.05) is 12.1 Å². The fourth-order valence-corrected chi connectivity index (χ4v) is 3.47. The molecule has 0 spiro atoms. The van der Waals surface area contributed by atoms with Crippen molar-refractivity contribution in [1.29, 1.82) is 0 Å². The molecule has 2 aromatic heterocycles. The van der Waals surface area contributed by atoms with Gasteiger partial charge in [0.2, 0.25) is 0 Å². The van der Waals surface area contributed by atoms with Crippen molar-refractivity contribution in [1.82, 2.24) is 20.2 Å². The first-order valence-corrected chi connectivity index (χ1v) is 8.72. The summed E-state index contributed by atoms with van der Waals surface area (Å²) in [5.41, 5.74) is 7.80. The van der Waals surface area contributed by atoms with Crippen LogP contribution in [-0.2, 0) is 19.3 Å². The Balaban J connectivity index is 1.66. The highest BCUT2D eigenvalue weighted by Crippen LogP contribution is 2.27. The molecule has 0 aliphatic heterocycles. The third-order valence-electron chi connectivity index (χ3n) is 3.74. The van der Waals surface area contributed by atoms with Crippen molar-refractivity contribution in [3.05, 3.63) is 46.4 Å². The van der Waals surface area contributed by atoms with Crippen LogP contribution in [0.15, 0.2) is 24.3 Å². The maximum Gasteiger partial charge on any atom is 0.193 e. The van der Waals surface area contributed by atoms with E-state index in [9.17, 15) is 0 Å². The molecule has 0 bridgehead atoms. The number of aryl methyl sites for hydroxylation is 3. The lowest BCUT2D eigenvalue weighted by Crippen LogP contribution is -2.01. The molecular formula is C17H21N5OS. The molecule has 24 heavy (non-hydrogen) atoms. The summed E-state index contributed by atoms with van der Waals surface area (Å²) < 4.78 is 5.17. The number of rotatable bonds is 7. The highest BCUT2D eigenvalue weighted by Gasteiger charge is 2.14. The summed E-state index contributed by atoms with van der Waals surface area (Å²) in [6, 6.07) is 8.09. The second-order valence-electron chi connectivity index (χ2n) is 5.51. The summed E-state index contributed by atoms with van der Waals surface area (Å²) in [7, 11) is 1.67. The van der Waals surface area contributed by atoms with Crippen LogP contribution in [0.1, 0.15) is 22.1 Å². The van der Waals surface area contributed by atoms with Gasteiger partial charge in [-0.3, -0.25) is 5.10 Å². The zero-order valence-corrected chi connectivity index (χ0v) is 14.7. The van der Waals surface area contributed by atoms with E-state index < -0.39 is 0 Å². The monoisotopic (exact) mass is 343 g/mol. The summed E-state index contributed by atoms with van der Waals surface area (Å²) in [5, 5.41) is 8.41. The van der Waals surface area contributed by atoms with Gasteiger partial charge in [0.25, 0.3) is 0 Å². The Bertz CT molecular complexity index is 794. The van der Waals surface area contributed by atoms with Crippen molar-refractivity contribution in [2.45, 2.75) is 26.2 Å². The molecule has 0 saturated heterocycles. The molecule has 0 radical (unpaired) electrons. The Morgan fingerprint density at radius 1 is 1.12 bits per heavy atom. The quantitative estimate of drug-likeness (QED) is 0.688. The summed E-state index contributed by atoms with van der Waals surface area (Å²) in [6.45, 7) is 2.59. The van der Waals surface area contributed by atoms with Crippen molar-refractivity contribution < 1.29 is 4.74 Å². The SMILES string of the molecule is COc1ccc(CCc2nc(-c3sc(CCN)nc3C)n[nH]2)cc1. The minimum atomic E-state index is 0.605. The normalized spacial score (nSPS) is 11.0. The number of thiazole rings is 1. The zero-order chi connectivity index (χ0) is 16.9. The van der Waals surface area contributed by atoms with Gasteiger partial charge in [0.05, 0.1) is 22.7 Å². The average molecular weight is 343 g/mol. The molecule has 126 valence electrons. The van der Waals surface area contributed by atoms with Gasteiger partial charge >= 0.3 is 0 Å². The van der Waals surface area contributed by atoms with Crippen molar-refractivity contribution in [2.75, 3.05) is 13.7 Å². The van der Waals surface area contributed by atoms with Crippen LogP contribution in [0.3, 0.4) is 0 Å². The van der Waals surface area contributed by atoms with E-state index in [1.54, 1.807) is 18.4 Å². The second-order valence-corrected chi connectivity index (χ2v) is 6.60. The Morgan fingerprint density at radius 2 is 1.92 bits per heavy atom. The summed E-state index contributed by atoms with van der Waals surface area (Å²) >= 11 is 1.62. The number of ether oxygens (including phenoxy) is 1. The van der Waals surface area contributed by atoms with Gasteiger partial charge in [-0.2, -0.15) is 5.10 Å².